The van der Waals surface area contributed by atoms with E-state index >= 15 is 0 Å². The van der Waals surface area contributed by atoms with Gasteiger partial charge in [-0.1, -0.05) is 41.4 Å². The summed E-state index contributed by atoms with van der Waals surface area (Å²) in [7, 11) is 4.60. The molecule has 2 aromatic rings. The van der Waals surface area contributed by atoms with Crippen LogP contribution < -0.4 is 9.47 Å². The first kappa shape index (κ1) is 20.9. The van der Waals surface area contributed by atoms with Crippen LogP contribution in [0.15, 0.2) is 36.4 Å². The van der Waals surface area contributed by atoms with Gasteiger partial charge < -0.3 is 19.1 Å². The van der Waals surface area contributed by atoms with Crippen LogP contribution in [0.3, 0.4) is 0 Å². The summed E-state index contributed by atoms with van der Waals surface area (Å²) in [5.74, 6) is -0.125. The number of carbonyl (C=O) groups excluding carboxylic acids is 2. The molecule has 0 aliphatic rings. The van der Waals surface area contributed by atoms with Crippen molar-refractivity contribution in [3.8, 4) is 11.5 Å². The van der Waals surface area contributed by atoms with E-state index in [0.717, 1.165) is 5.56 Å². The second-order valence-corrected chi connectivity index (χ2v) is 6.43. The molecule has 0 spiro atoms. The molecule has 0 radical (unpaired) electrons. The summed E-state index contributed by atoms with van der Waals surface area (Å²) in [6.45, 7) is -0.0909. The van der Waals surface area contributed by atoms with E-state index in [2.05, 4.69) is 0 Å². The Morgan fingerprint density at radius 1 is 1.04 bits per heavy atom. The summed E-state index contributed by atoms with van der Waals surface area (Å²) in [4.78, 5) is 25.9. The van der Waals surface area contributed by atoms with Gasteiger partial charge >= 0.3 is 5.97 Å². The van der Waals surface area contributed by atoms with Crippen molar-refractivity contribution >= 4 is 35.1 Å². The first-order valence-corrected chi connectivity index (χ1v) is 8.69. The van der Waals surface area contributed by atoms with Gasteiger partial charge in [0.1, 0.15) is 5.75 Å². The van der Waals surface area contributed by atoms with Crippen LogP contribution in [0.2, 0.25) is 10.0 Å². The molecule has 0 saturated carbocycles. The molecule has 0 aliphatic carbocycles. The fraction of sp³-hybridized carbons (Fsp3) is 0.263. The Balaban J connectivity index is 1.97. The molecule has 0 aliphatic heterocycles. The van der Waals surface area contributed by atoms with Crippen LogP contribution in [-0.2, 0) is 16.1 Å². The second kappa shape index (κ2) is 9.48. The first-order chi connectivity index (χ1) is 12.9. The van der Waals surface area contributed by atoms with Crippen molar-refractivity contribution in [1.82, 2.24) is 4.90 Å². The molecule has 0 heterocycles. The average Bonchev–Trinajstić information content (AvgIpc) is 2.65. The zero-order valence-electron chi connectivity index (χ0n) is 15.1. The van der Waals surface area contributed by atoms with Crippen molar-refractivity contribution < 1.29 is 23.8 Å². The number of hydrogen-bond donors (Lipinski definition) is 0. The Morgan fingerprint density at radius 3 is 2.26 bits per heavy atom. The Morgan fingerprint density at radius 2 is 1.67 bits per heavy atom. The van der Waals surface area contributed by atoms with E-state index in [0.29, 0.717) is 12.3 Å². The Bertz CT molecular complexity index is 818. The van der Waals surface area contributed by atoms with Crippen molar-refractivity contribution in [2.45, 2.75) is 6.54 Å². The van der Waals surface area contributed by atoms with E-state index in [9.17, 15) is 9.59 Å². The fourth-order valence-electron chi connectivity index (χ4n) is 2.37. The highest BCUT2D eigenvalue weighted by Crippen LogP contribution is 2.34. The van der Waals surface area contributed by atoms with Gasteiger partial charge in [-0.05, 0) is 18.2 Å². The minimum atomic E-state index is -0.708. The Hall–Kier alpha value is -2.44. The van der Waals surface area contributed by atoms with Crippen LogP contribution in [0.5, 0.6) is 11.5 Å². The molecule has 8 heteroatoms. The van der Waals surface area contributed by atoms with Gasteiger partial charge in [0, 0.05) is 19.2 Å². The maximum absolute atomic E-state index is 12.3. The predicted molar refractivity (Wildman–Crippen MR) is 103 cm³/mol. The Labute approximate surface area is 167 Å². The van der Waals surface area contributed by atoms with Crippen LogP contribution in [0, 0.1) is 0 Å². The highest BCUT2D eigenvalue weighted by Gasteiger charge is 2.18. The summed E-state index contributed by atoms with van der Waals surface area (Å²) in [5.41, 5.74) is 0.974. The lowest BCUT2D eigenvalue weighted by atomic mass is 10.2. The van der Waals surface area contributed by atoms with Gasteiger partial charge in [0.05, 0.1) is 29.8 Å². The van der Waals surface area contributed by atoms with E-state index < -0.39 is 12.6 Å². The zero-order chi connectivity index (χ0) is 20.0. The van der Waals surface area contributed by atoms with Gasteiger partial charge in [-0.25, -0.2) is 4.79 Å². The largest absolute Gasteiger partial charge is 0.496 e. The second-order valence-electron chi connectivity index (χ2n) is 5.61. The van der Waals surface area contributed by atoms with Crippen molar-refractivity contribution in [3.63, 3.8) is 0 Å². The van der Waals surface area contributed by atoms with Crippen molar-refractivity contribution in [2.24, 2.45) is 0 Å². The van der Waals surface area contributed by atoms with Gasteiger partial charge in [0.2, 0.25) is 0 Å². The molecule has 0 aromatic heterocycles. The molecule has 0 bridgehead atoms. The van der Waals surface area contributed by atoms with E-state index in [4.69, 9.17) is 37.4 Å². The minimum Gasteiger partial charge on any atom is -0.496 e. The van der Waals surface area contributed by atoms with Gasteiger partial charge in [-0.3, -0.25) is 4.79 Å². The summed E-state index contributed by atoms with van der Waals surface area (Å²) in [6.07, 6.45) is 0. The van der Waals surface area contributed by atoms with Crippen molar-refractivity contribution in [3.05, 3.63) is 57.6 Å². The number of likely N-dealkylation sites (N-methyl/N-ethyl adjacent to an activating group) is 1. The molecule has 27 heavy (non-hydrogen) atoms. The number of para-hydroxylation sites is 1. The van der Waals surface area contributed by atoms with Crippen LogP contribution in [0.4, 0.5) is 0 Å². The molecule has 6 nitrogen and oxygen atoms in total. The van der Waals surface area contributed by atoms with Crippen molar-refractivity contribution in [1.29, 1.82) is 0 Å². The van der Waals surface area contributed by atoms with E-state index in [-0.39, 0.29) is 27.3 Å². The summed E-state index contributed by atoms with van der Waals surface area (Å²) in [6, 6.07) is 10.1. The third-order valence-electron chi connectivity index (χ3n) is 3.79. The van der Waals surface area contributed by atoms with E-state index in [1.165, 1.54) is 24.1 Å². The molecule has 0 atom stereocenters. The number of nitrogens with zero attached hydrogens (tertiary/aromatic N) is 1. The van der Waals surface area contributed by atoms with Crippen LogP contribution in [-0.4, -0.2) is 44.7 Å². The number of esters is 1. The third-order valence-corrected chi connectivity index (χ3v) is 4.35. The number of rotatable bonds is 7. The molecular weight excluding hydrogens is 393 g/mol. The number of hydrogen-bond acceptors (Lipinski definition) is 5. The zero-order valence-corrected chi connectivity index (χ0v) is 16.6. The molecule has 0 fully saturated rings. The molecule has 0 N–H and O–H groups in total. The number of amides is 1. The van der Waals surface area contributed by atoms with Gasteiger partial charge in [-0.2, -0.15) is 0 Å². The summed E-state index contributed by atoms with van der Waals surface area (Å²) in [5, 5.41) is 0.355. The SMILES string of the molecule is COc1ccccc1CN(C)C(=O)COC(=O)c1cc(Cl)c(OC)c(Cl)c1. The molecule has 0 unspecified atom stereocenters. The molecular formula is C19H19Cl2NO5. The standard InChI is InChI=1S/C19H19Cl2NO5/c1-22(10-12-6-4-5-7-16(12)25-2)17(23)11-27-19(24)13-8-14(20)18(26-3)15(21)9-13/h4-9H,10-11H2,1-3H3. The van der Waals surface area contributed by atoms with E-state index in [1.807, 2.05) is 24.3 Å². The van der Waals surface area contributed by atoms with Crippen molar-refractivity contribution in [2.75, 3.05) is 27.9 Å². The lowest BCUT2D eigenvalue weighted by Crippen LogP contribution is -2.31. The predicted octanol–water partition coefficient (Wildman–Crippen LogP) is 3.83. The van der Waals surface area contributed by atoms with Gasteiger partial charge in [-0.15, -0.1) is 0 Å². The minimum absolute atomic E-state index is 0.131. The number of halogens is 2. The third kappa shape index (κ3) is 5.28. The maximum atomic E-state index is 12.3. The molecule has 2 rings (SSSR count). The van der Waals surface area contributed by atoms with Crippen LogP contribution in [0.25, 0.3) is 0 Å². The highest BCUT2D eigenvalue weighted by molar-refractivity contribution is 6.37. The molecule has 1 amide bonds. The van der Waals surface area contributed by atoms with E-state index in [1.54, 1.807) is 14.2 Å². The highest BCUT2D eigenvalue weighted by atomic mass is 35.5. The molecule has 0 saturated heterocycles. The summed E-state index contributed by atoms with van der Waals surface area (Å²) >= 11 is 12.0. The first-order valence-electron chi connectivity index (χ1n) is 7.93. The number of methoxy groups -OCH3 is 2. The Kier molecular flexibility index (Phi) is 7.33. The van der Waals surface area contributed by atoms with Gasteiger partial charge in [0.25, 0.3) is 5.91 Å². The summed E-state index contributed by atoms with van der Waals surface area (Å²) < 4.78 is 15.4. The number of carbonyl (C=O) groups is 2. The normalized spacial score (nSPS) is 10.3. The van der Waals surface area contributed by atoms with Gasteiger partial charge in [0.15, 0.2) is 12.4 Å². The van der Waals surface area contributed by atoms with Crippen LogP contribution in [0.1, 0.15) is 15.9 Å². The monoisotopic (exact) mass is 411 g/mol. The quantitative estimate of drug-likeness (QED) is 0.647. The lowest BCUT2D eigenvalue weighted by molar-refractivity contribution is -0.133. The topological polar surface area (TPSA) is 65.1 Å². The smallest absolute Gasteiger partial charge is 0.338 e. The number of benzene rings is 2. The molecule has 2 aromatic carbocycles. The average molecular weight is 412 g/mol. The number of ether oxygens (including phenoxy) is 3. The lowest BCUT2D eigenvalue weighted by Gasteiger charge is -2.18. The fourth-order valence-corrected chi connectivity index (χ4v) is 3.01. The maximum Gasteiger partial charge on any atom is 0.338 e. The molecule has 144 valence electrons. The van der Waals surface area contributed by atoms with Crippen LogP contribution >= 0.6 is 23.2 Å².